The maximum atomic E-state index is 5.94. The molecule has 1 heterocycles. The third-order valence-corrected chi connectivity index (χ3v) is 4.12. The fourth-order valence-electron chi connectivity index (χ4n) is 2.59. The summed E-state index contributed by atoms with van der Waals surface area (Å²) in [5.74, 6) is 0. The van der Waals surface area contributed by atoms with Crippen LogP contribution >= 0.6 is 11.6 Å². The van der Waals surface area contributed by atoms with E-state index < -0.39 is 0 Å². The molecule has 4 heteroatoms. The Hall–Kier alpha value is -1.71. The summed E-state index contributed by atoms with van der Waals surface area (Å²) < 4.78 is 0. The van der Waals surface area contributed by atoms with Crippen LogP contribution in [0.5, 0.6) is 0 Å². The monoisotopic (exact) mass is 301 g/mol. The van der Waals surface area contributed by atoms with E-state index in [4.69, 9.17) is 11.6 Å². The molecule has 2 aromatic rings. The average molecular weight is 302 g/mol. The molecule has 1 aliphatic rings. The highest BCUT2D eigenvalue weighted by atomic mass is 35.5. The molecular formula is C17H20ClN3. The highest BCUT2D eigenvalue weighted by molar-refractivity contribution is 6.30. The standard InChI is InChI=1S/C17H20ClN3/c1-20-10-12-21(13-11-20)17-5-3-2-4-16(17)19-15-8-6-14(18)7-9-15/h2-9,19H,10-13H2,1H3. The Labute approximate surface area is 131 Å². The van der Waals surface area contributed by atoms with Crippen LogP contribution in [0, 0.1) is 0 Å². The highest BCUT2D eigenvalue weighted by Gasteiger charge is 2.16. The molecule has 3 rings (SSSR count). The second-order valence-corrected chi connectivity index (χ2v) is 5.88. The Morgan fingerprint density at radius 3 is 2.29 bits per heavy atom. The van der Waals surface area contributed by atoms with Gasteiger partial charge in [0, 0.05) is 36.9 Å². The number of nitrogens with one attached hydrogen (secondary N) is 1. The molecule has 0 aliphatic carbocycles. The number of rotatable bonds is 3. The molecule has 110 valence electrons. The molecule has 3 nitrogen and oxygen atoms in total. The molecule has 2 aromatic carbocycles. The number of piperazine rings is 1. The van der Waals surface area contributed by atoms with Crippen molar-refractivity contribution in [2.45, 2.75) is 0 Å². The van der Waals surface area contributed by atoms with Gasteiger partial charge in [0.15, 0.2) is 0 Å². The van der Waals surface area contributed by atoms with E-state index in [0.717, 1.165) is 42.6 Å². The van der Waals surface area contributed by atoms with E-state index in [1.54, 1.807) is 0 Å². The number of hydrogen-bond acceptors (Lipinski definition) is 3. The van der Waals surface area contributed by atoms with E-state index in [0.29, 0.717) is 0 Å². The summed E-state index contributed by atoms with van der Waals surface area (Å²) in [6, 6.07) is 16.3. The van der Waals surface area contributed by atoms with E-state index in [9.17, 15) is 0 Å². The zero-order chi connectivity index (χ0) is 14.7. The van der Waals surface area contributed by atoms with Gasteiger partial charge >= 0.3 is 0 Å². The minimum atomic E-state index is 0.757. The third-order valence-electron chi connectivity index (χ3n) is 3.87. The number of nitrogens with zero attached hydrogens (tertiary/aromatic N) is 2. The number of benzene rings is 2. The summed E-state index contributed by atoms with van der Waals surface area (Å²) in [5, 5.41) is 4.25. The van der Waals surface area contributed by atoms with Gasteiger partial charge in [-0.15, -0.1) is 0 Å². The third kappa shape index (κ3) is 3.49. The summed E-state index contributed by atoms with van der Waals surface area (Å²) in [7, 11) is 2.18. The summed E-state index contributed by atoms with van der Waals surface area (Å²) in [4.78, 5) is 4.81. The van der Waals surface area contributed by atoms with E-state index in [-0.39, 0.29) is 0 Å². The first-order chi connectivity index (χ1) is 10.2. The summed E-state index contributed by atoms with van der Waals surface area (Å²) in [6.07, 6.45) is 0. The largest absolute Gasteiger partial charge is 0.367 e. The van der Waals surface area contributed by atoms with Crippen LogP contribution in [-0.2, 0) is 0 Å². The van der Waals surface area contributed by atoms with Crippen LogP contribution in [0.25, 0.3) is 0 Å². The van der Waals surface area contributed by atoms with Crippen LogP contribution in [-0.4, -0.2) is 38.1 Å². The Bertz CT molecular complexity index is 589. The first-order valence-electron chi connectivity index (χ1n) is 7.27. The molecular weight excluding hydrogens is 282 g/mol. The van der Waals surface area contributed by atoms with Crippen molar-refractivity contribution in [3.63, 3.8) is 0 Å². The zero-order valence-electron chi connectivity index (χ0n) is 12.2. The second-order valence-electron chi connectivity index (χ2n) is 5.44. The molecule has 0 bridgehead atoms. The van der Waals surface area contributed by atoms with Gasteiger partial charge in [-0.3, -0.25) is 0 Å². The number of anilines is 3. The topological polar surface area (TPSA) is 18.5 Å². The maximum absolute atomic E-state index is 5.94. The summed E-state index contributed by atoms with van der Waals surface area (Å²) in [6.45, 7) is 4.34. The normalized spacial score (nSPS) is 16.0. The molecule has 0 unspecified atom stereocenters. The van der Waals surface area contributed by atoms with E-state index in [2.05, 4.69) is 46.4 Å². The molecule has 1 N–H and O–H groups in total. The van der Waals surface area contributed by atoms with Crippen molar-refractivity contribution in [2.75, 3.05) is 43.4 Å². The van der Waals surface area contributed by atoms with Gasteiger partial charge in [-0.25, -0.2) is 0 Å². The molecule has 1 fully saturated rings. The lowest BCUT2D eigenvalue weighted by Gasteiger charge is -2.35. The molecule has 0 atom stereocenters. The van der Waals surface area contributed by atoms with Crippen molar-refractivity contribution in [3.8, 4) is 0 Å². The zero-order valence-corrected chi connectivity index (χ0v) is 13.0. The SMILES string of the molecule is CN1CCN(c2ccccc2Nc2ccc(Cl)cc2)CC1. The van der Waals surface area contributed by atoms with Crippen molar-refractivity contribution < 1.29 is 0 Å². The molecule has 0 spiro atoms. The van der Waals surface area contributed by atoms with E-state index in [1.807, 2.05) is 24.3 Å². The molecule has 21 heavy (non-hydrogen) atoms. The Morgan fingerprint density at radius 1 is 0.905 bits per heavy atom. The number of para-hydroxylation sites is 2. The maximum Gasteiger partial charge on any atom is 0.0622 e. The molecule has 0 saturated carbocycles. The van der Waals surface area contributed by atoms with Crippen molar-refractivity contribution in [3.05, 3.63) is 53.6 Å². The van der Waals surface area contributed by atoms with E-state index >= 15 is 0 Å². The van der Waals surface area contributed by atoms with Gasteiger partial charge in [-0.05, 0) is 43.4 Å². The van der Waals surface area contributed by atoms with Gasteiger partial charge in [0.05, 0.1) is 11.4 Å². The molecule has 0 radical (unpaired) electrons. The lowest BCUT2D eigenvalue weighted by molar-refractivity contribution is 0.313. The van der Waals surface area contributed by atoms with Gasteiger partial charge in [0.2, 0.25) is 0 Å². The van der Waals surface area contributed by atoms with Gasteiger partial charge < -0.3 is 15.1 Å². The Kier molecular flexibility index (Phi) is 4.32. The number of halogens is 1. The van der Waals surface area contributed by atoms with Crippen molar-refractivity contribution in [1.82, 2.24) is 4.90 Å². The molecule has 0 aromatic heterocycles. The fraction of sp³-hybridized carbons (Fsp3) is 0.294. The average Bonchev–Trinajstić information content (AvgIpc) is 2.51. The van der Waals surface area contributed by atoms with Crippen LogP contribution in [0.4, 0.5) is 17.1 Å². The Balaban J connectivity index is 1.80. The smallest absolute Gasteiger partial charge is 0.0622 e. The van der Waals surface area contributed by atoms with Crippen molar-refractivity contribution in [1.29, 1.82) is 0 Å². The molecule has 1 aliphatic heterocycles. The summed E-state index contributed by atoms with van der Waals surface area (Å²) >= 11 is 5.94. The van der Waals surface area contributed by atoms with Crippen LogP contribution in [0.1, 0.15) is 0 Å². The minimum Gasteiger partial charge on any atom is -0.367 e. The van der Waals surface area contributed by atoms with Crippen LogP contribution in [0.3, 0.4) is 0 Å². The lowest BCUT2D eigenvalue weighted by Crippen LogP contribution is -2.44. The predicted molar refractivity (Wildman–Crippen MR) is 90.9 cm³/mol. The number of hydrogen-bond donors (Lipinski definition) is 1. The van der Waals surface area contributed by atoms with Crippen molar-refractivity contribution in [2.24, 2.45) is 0 Å². The Morgan fingerprint density at radius 2 is 1.57 bits per heavy atom. The second kappa shape index (κ2) is 6.37. The minimum absolute atomic E-state index is 0.757. The van der Waals surface area contributed by atoms with Gasteiger partial charge in [0.25, 0.3) is 0 Å². The highest BCUT2D eigenvalue weighted by Crippen LogP contribution is 2.29. The fourth-order valence-corrected chi connectivity index (χ4v) is 2.72. The van der Waals surface area contributed by atoms with Crippen LogP contribution < -0.4 is 10.2 Å². The lowest BCUT2D eigenvalue weighted by atomic mass is 10.2. The van der Waals surface area contributed by atoms with Gasteiger partial charge in [0.1, 0.15) is 0 Å². The quantitative estimate of drug-likeness (QED) is 0.929. The molecule has 0 amide bonds. The van der Waals surface area contributed by atoms with Crippen molar-refractivity contribution >= 4 is 28.7 Å². The first-order valence-corrected chi connectivity index (χ1v) is 7.65. The predicted octanol–water partition coefficient (Wildman–Crippen LogP) is 3.84. The van der Waals surface area contributed by atoms with Crippen LogP contribution in [0.15, 0.2) is 48.5 Å². The van der Waals surface area contributed by atoms with E-state index in [1.165, 1.54) is 5.69 Å². The van der Waals surface area contributed by atoms with Crippen LogP contribution in [0.2, 0.25) is 5.02 Å². The number of likely N-dealkylation sites (N-methyl/N-ethyl adjacent to an activating group) is 1. The summed E-state index contributed by atoms with van der Waals surface area (Å²) in [5.41, 5.74) is 3.46. The molecule has 1 saturated heterocycles. The first kappa shape index (κ1) is 14.2. The van der Waals surface area contributed by atoms with Gasteiger partial charge in [-0.1, -0.05) is 23.7 Å². The van der Waals surface area contributed by atoms with Gasteiger partial charge in [-0.2, -0.15) is 0 Å².